The second kappa shape index (κ2) is 4.13. The number of nitrogens with two attached hydrogens (primary N) is 1. The highest BCUT2D eigenvalue weighted by molar-refractivity contribution is 5.68. The van der Waals surface area contributed by atoms with Crippen molar-refractivity contribution < 1.29 is 0 Å². The van der Waals surface area contributed by atoms with Crippen molar-refractivity contribution in [2.24, 2.45) is 0 Å². The van der Waals surface area contributed by atoms with Crippen LogP contribution in [0.1, 0.15) is 12.5 Å². The van der Waals surface area contributed by atoms with Crippen molar-refractivity contribution in [2.45, 2.75) is 13.3 Å². The summed E-state index contributed by atoms with van der Waals surface area (Å²) in [6.07, 6.45) is 4.56. The van der Waals surface area contributed by atoms with Gasteiger partial charge in [-0.05, 0) is 41.3 Å². The van der Waals surface area contributed by atoms with Gasteiger partial charge in [0.05, 0.1) is 0 Å². The molecule has 0 aliphatic heterocycles. The highest BCUT2D eigenvalue weighted by atomic mass is 14.6. The van der Waals surface area contributed by atoms with Gasteiger partial charge in [0.2, 0.25) is 0 Å². The topological polar surface area (TPSA) is 38.9 Å². The van der Waals surface area contributed by atoms with Crippen LogP contribution >= 0.6 is 0 Å². The van der Waals surface area contributed by atoms with Crippen LogP contribution in [0.5, 0.6) is 0 Å². The highest BCUT2D eigenvalue weighted by Gasteiger charge is 2.00. The molecule has 0 spiro atoms. The Labute approximate surface area is 89.8 Å². The summed E-state index contributed by atoms with van der Waals surface area (Å²) in [5, 5.41) is 0. The lowest BCUT2D eigenvalue weighted by molar-refractivity contribution is 1.14. The van der Waals surface area contributed by atoms with Crippen molar-refractivity contribution in [1.29, 1.82) is 0 Å². The summed E-state index contributed by atoms with van der Waals surface area (Å²) in [5.74, 6) is 0. The molecule has 15 heavy (non-hydrogen) atoms. The molecule has 0 fully saturated rings. The second-order valence-electron chi connectivity index (χ2n) is 3.50. The van der Waals surface area contributed by atoms with Gasteiger partial charge in [-0.3, -0.25) is 4.98 Å². The van der Waals surface area contributed by atoms with Gasteiger partial charge in [0, 0.05) is 18.1 Å². The number of anilines is 1. The van der Waals surface area contributed by atoms with Gasteiger partial charge in [-0.2, -0.15) is 0 Å². The minimum absolute atomic E-state index is 0.867. The van der Waals surface area contributed by atoms with Crippen molar-refractivity contribution in [3.8, 4) is 11.1 Å². The van der Waals surface area contributed by atoms with Gasteiger partial charge in [-0.25, -0.2) is 0 Å². The minimum atomic E-state index is 0.867. The summed E-state index contributed by atoms with van der Waals surface area (Å²) in [6, 6.07) is 10.2. The van der Waals surface area contributed by atoms with Crippen molar-refractivity contribution in [1.82, 2.24) is 4.98 Å². The molecule has 2 aromatic rings. The predicted octanol–water partition coefficient (Wildman–Crippen LogP) is 2.89. The van der Waals surface area contributed by atoms with Crippen LogP contribution in [-0.4, -0.2) is 4.98 Å². The first kappa shape index (κ1) is 9.71. The Hall–Kier alpha value is -1.83. The maximum absolute atomic E-state index is 5.95. The molecule has 76 valence electrons. The third-order valence-corrected chi connectivity index (χ3v) is 2.54. The molecule has 0 saturated heterocycles. The molecular weight excluding hydrogens is 184 g/mol. The second-order valence-corrected chi connectivity index (χ2v) is 3.50. The minimum Gasteiger partial charge on any atom is -0.398 e. The predicted molar refractivity (Wildman–Crippen MR) is 63.5 cm³/mol. The number of rotatable bonds is 2. The van der Waals surface area contributed by atoms with E-state index in [0.717, 1.165) is 23.2 Å². The fraction of sp³-hybridized carbons (Fsp3) is 0.154. The SMILES string of the molecule is CCc1ccc(-c2ccncc2)cc1N. The molecule has 0 amide bonds. The van der Waals surface area contributed by atoms with Gasteiger partial charge < -0.3 is 5.73 Å². The lowest BCUT2D eigenvalue weighted by Crippen LogP contribution is -1.93. The van der Waals surface area contributed by atoms with Crippen molar-refractivity contribution in [3.05, 3.63) is 48.3 Å². The van der Waals surface area contributed by atoms with Crippen molar-refractivity contribution >= 4 is 5.69 Å². The van der Waals surface area contributed by atoms with Crippen LogP contribution in [0, 0.1) is 0 Å². The summed E-state index contributed by atoms with van der Waals surface area (Å²) < 4.78 is 0. The Balaban J connectivity index is 2.43. The molecule has 0 aliphatic carbocycles. The van der Waals surface area contributed by atoms with E-state index in [1.165, 1.54) is 5.56 Å². The first-order valence-electron chi connectivity index (χ1n) is 5.10. The van der Waals surface area contributed by atoms with Gasteiger partial charge in [0.15, 0.2) is 0 Å². The van der Waals surface area contributed by atoms with Crippen LogP contribution in [0.4, 0.5) is 5.69 Å². The fourth-order valence-corrected chi connectivity index (χ4v) is 1.64. The molecule has 2 rings (SSSR count). The van der Waals surface area contributed by atoms with Crippen LogP contribution < -0.4 is 5.73 Å². The molecule has 1 aromatic heterocycles. The number of aryl methyl sites for hydroxylation is 1. The van der Waals surface area contributed by atoms with E-state index in [2.05, 4.69) is 24.0 Å². The number of hydrogen-bond donors (Lipinski definition) is 1. The Bertz CT molecular complexity index is 449. The van der Waals surface area contributed by atoms with Crippen molar-refractivity contribution in [3.63, 3.8) is 0 Å². The van der Waals surface area contributed by atoms with E-state index in [9.17, 15) is 0 Å². The van der Waals surface area contributed by atoms with Crippen LogP contribution in [-0.2, 0) is 6.42 Å². The molecule has 0 aliphatic rings. The summed E-state index contributed by atoms with van der Waals surface area (Å²) in [5.41, 5.74) is 10.3. The fourth-order valence-electron chi connectivity index (χ4n) is 1.64. The summed E-state index contributed by atoms with van der Waals surface area (Å²) >= 11 is 0. The molecule has 0 saturated carbocycles. The molecule has 0 bridgehead atoms. The number of benzene rings is 1. The van der Waals surface area contributed by atoms with E-state index in [1.807, 2.05) is 18.2 Å². The van der Waals surface area contributed by atoms with E-state index in [1.54, 1.807) is 12.4 Å². The molecule has 0 unspecified atom stereocenters. The number of pyridine rings is 1. The smallest absolute Gasteiger partial charge is 0.0352 e. The largest absolute Gasteiger partial charge is 0.398 e. The summed E-state index contributed by atoms with van der Waals surface area (Å²) in [7, 11) is 0. The molecule has 1 heterocycles. The Morgan fingerprint density at radius 1 is 1.07 bits per heavy atom. The monoisotopic (exact) mass is 198 g/mol. The zero-order valence-electron chi connectivity index (χ0n) is 8.77. The van der Waals surface area contributed by atoms with Gasteiger partial charge in [0.25, 0.3) is 0 Å². The number of nitrogens with zero attached hydrogens (tertiary/aromatic N) is 1. The molecular formula is C13H14N2. The molecule has 2 nitrogen and oxygen atoms in total. The molecule has 0 atom stereocenters. The first-order valence-corrected chi connectivity index (χ1v) is 5.10. The van der Waals surface area contributed by atoms with Crippen LogP contribution in [0.2, 0.25) is 0 Å². The zero-order valence-corrected chi connectivity index (χ0v) is 8.77. The van der Waals surface area contributed by atoms with E-state index < -0.39 is 0 Å². The Kier molecular flexibility index (Phi) is 2.68. The Morgan fingerprint density at radius 3 is 2.40 bits per heavy atom. The maximum atomic E-state index is 5.95. The molecule has 2 heteroatoms. The van der Waals surface area contributed by atoms with Gasteiger partial charge in [-0.15, -0.1) is 0 Å². The van der Waals surface area contributed by atoms with E-state index in [0.29, 0.717) is 0 Å². The first-order chi connectivity index (χ1) is 7.31. The van der Waals surface area contributed by atoms with Crippen LogP contribution in [0.25, 0.3) is 11.1 Å². The quantitative estimate of drug-likeness (QED) is 0.753. The van der Waals surface area contributed by atoms with Crippen molar-refractivity contribution in [2.75, 3.05) is 5.73 Å². The van der Waals surface area contributed by atoms with Gasteiger partial charge in [0.1, 0.15) is 0 Å². The lowest BCUT2D eigenvalue weighted by atomic mass is 10.0. The number of aromatic nitrogens is 1. The Morgan fingerprint density at radius 2 is 1.80 bits per heavy atom. The third-order valence-electron chi connectivity index (χ3n) is 2.54. The average Bonchev–Trinajstić information content (AvgIpc) is 2.30. The summed E-state index contributed by atoms with van der Waals surface area (Å²) in [6.45, 7) is 2.11. The van der Waals surface area contributed by atoms with Crippen LogP contribution in [0.3, 0.4) is 0 Å². The number of nitrogen functional groups attached to an aromatic ring is 1. The third kappa shape index (κ3) is 1.99. The van der Waals surface area contributed by atoms with E-state index >= 15 is 0 Å². The summed E-state index contributed by atoms with van der Waals surface area (Å²) in [4.78, 5) is 4.00. The average molecular weight is 198 g/mol. The van der Waals surface area contributed by atoms with E-state index in [4.69, 9.17) is 5.73 Å². The normalized spacial score (nSPS) is 10.2. The zero-order chi connectivity index (χ0) is 10.7. The standard InChI is InChI=1S/C13H14N2/c1-2-10-3-4-12(9-13(10)14)11-5-7-15-8-6-11/h3-9H,2,14H2,1H3. The molecule has 0 radical (unpaired) electrons. The molecule has 1 aromatic carbocycles. The molecule has 2 N–H and O–H groups in total. The lowest BCUT2D eigenvalue weighted by Gasteiger charge is -2.06. The van der Waals surface area contributed by atoms with Gasteiger partial charge in [-0.1, -0.05) is 19.1 Å². The maximum Gasteiger partial charge on any atom is 0.0352 e. The van der Waals surface area contributed by atoms with Gasteiger partial charge >= 0.3 is 0 Å². The van der Waals surface area contributed by atoms with E-state index in [-0.39, 0.29) is 0 Å². The highest BCUT2D eigenvalue weighted by Crippen LogP contribution is 2.23. The number of hydrogen-bond acceptors (Lipinski definition) is 2. The van der Waals surface area contributed by atoms with Crippen LogP contribution in [0.15, 0.2) is 42.7 Å².